The summed E-state index contributed by atoms with van der Waals surface area (Å²) in [7, 11) is 4.13. The van der Waals surface area contributed by atoms with Crippen LogP contribution >= 0.6 is 0 Å². The molecule has 0 aliphatic heterocycles. The van der Waals surface area contributed by atoms with E-state index in [2.05, 4.69) is 48.1 Å². The van der Waals surface area contributed by atoms with Crippen LogP contribution in [0.4, 0.5) is 5.82 Å². The molecule has 4 heteroatoms. The fourth-order valence-corrected chi connectivity index (χ4v) is 1.44. The zero-order valence-electron chi connectivity index (χ0n) is 10.7. The van der Waals surface area contributed by atoms with Gasteiger partial charge in [0.05, 0.1) is 0 Å². The zero-order valence-corrected chi connectivity index (χ0v) is 10.7. The summed E-state index contributed by atoms with van der Waals surface area (Å²) >= 11 is 0. The van der Waals surface area contributed by atoms with Crippen LogP contribution in [0, 0.1) is 0 Å². The van der Waals surface area contributed by atoms with Gasteiger partial charge in [-0.2, -0.15) is 0 Å². The molecular weight excluding hydrogens is 200 g/mol. The first kappa shape index (κ1) is 12.9. The van der Waals surface area contributed by atoms with Crippen LogP contribution in [-0.2, 0) is 12.8 Å². The summed E-state index contributed by atoms with van der Waals surface area (Å²) in [5, 5.41) is 3.25. The van der Waals surface area contributed by atoms with E-state index in [4.69, 9.17) is 0 Å². The molecule has 16 heavy (non-hydrogen) atoms. The molecule has 0 saturated carbocycles. The molecule has 0 fully saturated rings. The Labute approximate surface area is 98.1 Å². The largest absolute Gasteiger partial charge is 0.370 e. The molecule has 1 rings (SSSR count). The summed E-state index contributed by atoms with van der Waals surface area (Å²) < 4.78 is 0. The van der Waals surface area contributed by atoms with Crippen LogP contribution in [-0.4, -0.2) is 42.1 Å². The Morgan fingerprint density at radius 2 is 2.00 bits per heavy atom. The van der Waals surface area contributed by atoms with Gasteiger partial charge in [-0.05, 0) is 27.4 Å². The van der Waals surface area contributed by atoms with E-state index >= 15 is 0 Å². The van der Waals surface area contributed by atoms with Gasteiger partial charge in [-0.25, -0.2) is 9.97 Å². The average molecular weight is 222 g/mol. The van der Waals surface area contributed by atoms with Gasteiger partial charge in [0.2, 0.25) is 0 Å². The van der Waals surface area contributed by atoms with E-state index in [0.29, 0.717) is 0 Å². The first-order chi connectivity index (χ1) is 7.65. The lowest BCUT2D eigenvalue weighted by Crippen LogP contribution is -2.17. The molecule has 1 aromatic heterocycles. The highest BCUT2D eigenvalue weighted by atomic mass is 15.1. The Morgan fingerprint density at radius 3 is 2.56 bits per heavy atom. The second-order valence-electron chi connectivity index (χ2n) is 4.10. The van der Waals surface area contributed by atoms with Crippen LogP contribution in [0.25, 0.3) is 0 Å². The van der Waals surface area contributed by atoms with Gasteiger partial charge in [-0.3, -0.25) is 0 Å². The smallest absolute Gasteiger partial charge is 0.132 e. The number of nitrogens with zero attached hydrogens (tertiary/aromatic N) is 3. The maximum absolute atomic E-state index is 4.53. The predicted molar refractivity (Wildman–Crippen MR) is 67.8 cm³/mol. The first-order valence-corrected chi connectivity index (χ1v) is 5.91. The second-order valence-corrected chi connectivity index (χ2v) is 4.10. The molecular formula is C12H22N4. The van der Waals surface area contributed by atoms with Gasteiger partial charge in [-0.1, -0.05) is 6.92 Å². The minimum Gasteiger partial charge on any atom is -0.370 e. The fourth-order valence-electron chi connectivity index (χ4n) is 1.44. The van der Waals surface area contributed by atoms with E-state index in [9.17, 15) is 0 Å². The van der Waals surface area contributed by atoms with Crippen molar-refractivity contribution >= 4 is 5.82 Å². The summed E-state index contributed by atoms with van der Waals surface area (Å²) in [6.45, 7) is 6.08. The highest BCUT2D eigenvalue weighted by Crippen LogP contribution is 2.08. The lowest BCUT2D eigenvalue weighted by Gasteiger charge is -2.10. The molecule has 0 spiro atoms. The summed E-state index contributed by atoms with van der Waals surface area (Å²) in [5.41, 5.74) is 1.11. The minimum atomic E-state index is 0.896. The number of aryl methyl sites for hydroxylation is 1. The number of anilines is 1. The van der Waals surface area contributed by atoms with Gasteiger partial charge in [0.1, 0.15) is 11.6 Å². The molecule has 0 bridgehead atoms. The van der Waals surface area contributed by atoms with E-state index in [1.54, 1.807) is 0 Å². The third kappa shape index (κ3) is 4.14. The lowest BCUT2D eigenvalue weighted by atomic mass is 10.3. The molecule has 1 N–H and O–H groups in total. The maximum atomic E-state index is 4.53. The van der Waals surface area contributed by atoms with E-state index in [1.165, 1.54) is 0 Å². The Balaban J connectivity index is 2.77. The molecule has 0 unspecified atom stereocenters. The van der Waals surface area contributed by atoms with Gasteiger partial charge in [0.15, 0.2) is 0 Å². The van der Waals surface area contributed by atoms with E-state index in [0.717, 1.165) is 43.3 Å². The molecule has 0 radical (unpaired) electrons. The van der Waals surface area contributed by atoms with Crippen LogP contribution in [0.1, 0.15) is 25.4 Å². The number of rotatable bonds is 6. The summed E-state index contributed by atoms with van der Waals surface area (Å²) in [5.74, 6) is 1.88. The fraction of sp³-hybridized carbons (Fsp3) is 0.667. The van der Waals surface area contributed by atoms with Gasteiger partial charge < -0.3 is 10.2 Å². The topological polar surface area (TPSA) is 41.1 Å². The standard InChI is InChI=1S/C12H22N4/c1-5-10-9-12(13-6-2)15-11(14-10)7-8-16(3)4/h9H,5-8H2,1-4H3,(H,13,14,15). The quantitative estimate of drug-likeness (QED) is 0.793. The van der Waals surface area contributed by atoms with Gasteiger partial charge in [-0.15, -0.1) is 0 Å². The van der Waals surface area contributed by atoms with Crippen molar-refractivity contribution in [2.45, 2.75) is 26.7 Å². The predicted octanol–water partition coefficient (Wildman–Crippen LogP) is 1.57. The Morgan fingerprint density at radius 1 is 1.25 bits per heavy atom. The lowest BCUT2D eigenvalue weighted by molar-refractivity contribution is 0.409. The highest BCUT2D eigenvalue weighted by molar-refractivity contribution is 5.35. The molecule has 4 nitrogen and oxygen atoms in total. The highest BCUT2D eigenvalue weighted by Gasteiger charge is 2.03. The van der Waals surface area contributed by atoms with Crippen molar-refractivity contribution in [2.24, 2.45) is 0 Å². The molecule has 0 atom stereocenters. The van der Waals surface area contributed by atoms with Crippen molar-refractivity contribution in [1.82, 2.24) is 14.9 Å². The van der Waals surface area contributed by atoms with Crippen molar-refractivity contribution in [2.75, 3.05) is 32.5 Å². The van der Waals surface area contributed by atoms with E-state index in [-0.39, 0.29) is 0 Å². The molecule has 0 saturated heterocycles. The molecule has 1 heterocycles. The van der Waals surface area contributed by atoms with Crippen LogP contribution in [0.2, 0.25) is 0 Å². The first-order valence-electron chi connectivity index (χ1n) is 5.91. The average Bonchev–Trinajstić information content (AvgIpc) is 2.26. The maximum Gasteiger partial charge on any atom is 0.132 e. The summed E-state index contributed by atoms with van der Waals surface area (Å²) in [6, 6.07) is 2.03. The number of likely N-dealkylation sites (N-methyl/N-ethyl adjacent to an activating group) is 1. The van der Waals surface area contributed by atoms with Crippen molar-refractivity contribution in [3.8, 4) is 0 Å². The minimum absolute atomic E-state index is 0.896. The number of hydrogen-bond acceptors (Lipinski definition) is 4. The van der Waals surface area contributed by atoms with Crippen molar-refractivity contribution in [3.05, 3.63) is 17.6 Å². The molecule has 0 amide bonds. The van der Waals surface area contributed by atoms with Crippen LogP contribution in [0.5, 0.6) is 0 Å². The molecule has 0 aliphatic rings. The van der Waals surface area contributed by atoms with Crippen LogP contribution in [0.3, 0.4) is 0 Å². The van der Waals surface area contributed by atoms with Gasteiger partial charge in [0.25, 0.3) is 0 Å². The third-order valence-electron chi connectivity index (χ3n) is 2.33. The second kappa shape index (κ2) is 6.43. The van der Waals surface area contributed by atoms with Gasteiger partial charge >= 0.3 is 0 Å². The van der Waals surface area contributed by atoms with Crippen molar-refractivity contribution in [1.29, 1.82) is 0 Å². The Bertz CT molecular complexity index is 323. The summed E-state index contributed by atoms with van der Waals surface area (Å²) in [6.07, 6.45) is 1.86. The number of nitrogens with one attached hydrogen (secondary N) is 1. The number of hydrogen-bond donors (Lipinski definition) is 1. The molecule has 0 aromatic carbocycles. The van der Waals surface area contributed by atoms with Crippen molar-refractivity contribution in [3.63, 3.8) is 0 Å². The van der Waals surface area contributed by atoms with E-state index < -0.39 is 0 Å². The third-order valence-corrected chi connectivity index (χ3v) is 2.33. The zero-order chi connectivity index (χ0) is 12.0. The molecule has 90 valence electrons. The van der Waals surface area contributed by atoms with Gasteiger partial charge in [0, 0.05) is 31.3 Å². The molecule has 0 aliphatic carbocycles. The summed E-state index contributed by atoms with van der Waals surface area (Å²) in [4.78, 5) is 11.2. The molecule has 1 aromatic rings. The van der Waals surface area contributed by atoms with E-state index in [1.807, 2.05) is 6.07 Å². The van der Waals surface area contributed by atoms with Crippen LogP contribution in [0.15, 0.2) is 6.07 Å². The normalized spacial score (nSPS) is 10.8. The number of aromatic nitrogens is 2. The van der Waals surface area contributed by atoms with Crippen molar-refractivity contribution < 1.29 is 0 Å². The van der Waals surface area contributed by atoms with Crippen LogP contribution < -0.4 is 5.32 Å². The monoisotopic (exact) mass is 222 g/mol. The SMILES string of the molecule is CCNc1cc(CC)nc(CCN(C)C)n1. The Hall–Kier alpha value is -1.16. The Kier molecular flexibility index (Phi) is 5.19.